The van der Waals surface area contributed by atoms with Crippen molar-refractivity contribution in [3.05, 3.63) is 88.3 Å². The van der Waals surface area contributed by atoms with Crippen LogP contribution in [-0.4, -0.2) is 15.5 Å². The molecular formula is C22H24FN3O. The molecule has 0 aliphatic carbocycles. The van der Waals surface area contributed by atoms with Gasteiger partial charge >= 0.3 is 0 Å². The predicted octanol–water partition coefficient (Wildman–Crippen LogP) is 4.18. The Labute approximate surface area is 159 Å². The molecule has 2 heterocycles. The van der Waals surface area contributed by atoms with Crippen molar-refractivity contribution in [2.24, 2.45) is 0 Å². The maximum Gasteiger partial charge on any atom is 0.268 e. The Morgan fingerprint density at radius 1 is 1.15 bits per heavy atom. The largest absolute Gasteiger partial charge is 0.345 e. The summed E-state index contributed by atoms with van der Waals surface area (Å²) in [6.45, 7) is 7.02. The topological polar surface area (TPSA) is 46.9 Å². The number of rotatable bonds is 6. The highest BCUT2D eigenvalue weighted by molar-refractivity contribution is 5.95. The lowest BCUT2D eigenvalue weighted by Crippen LogP contribution is -2.27. The Hall–Kier alpha value is -2.95. The minimum Gasteiger partial charge on any atom is -0.345 e. The summed E-state index contributed by atoms with van der Waals surface area (Å²) in [6, 6.07) is 12.0. The molecule has 0 radical (unpaired) electrons. The molecular weight excluding hydrogens is 341 g/mol. The Kier molecular flexibility index (Phi) is 5.69. The number of halogens is 1. The third-order valence-corrected chi connectivity index (χ3v) is 4.90. The molecule has 0 spiro atoms. The van der Waals surface area contributed by atoms with E-state index in [4.69, 9.17) is 0 Å². The van der Waals surface area contributed by atoms with Crippen LogP contribution in [-0.2, 0) is 19.5 Å². The van der Waals surface area contributed by atoms with E-state index in [0.29, 0.717) is 18.8 Å². The molecule has 0 saturated heterocycles. The van der Waals surface area contributed by atoms with Gasteiger partial charge in [-0.1, -0.05) is 25.1 Å². The molecule has 3 aromatic rings. The molecule has 0 saturated carbocycles. The maximum atomic E-state index is 13.2. The van der Waals surface area contributed by atoms with E-state index in [1.807, 2.05) is 36.6 Å². The van der Waals surface area contributed by atoms with Crippen LogP contribution in [0.25, 0.3) is 0 Å². The quantitative estimate of drug-likeness (QED) is 0.712. The molecule has 0 unspecified atom stereocenters. The fraction of sp³-hybridized carbons (Fsp3) is 0.273. The zero-order chi connectivity index (χ0) is 19.4. The highest BCUT2D eigenvalue weighted by Gasteiger charge is 2.22. The highest BCUT2D eigenvalue weighted by Crippen LogP contribution is 2.24. The van der Waals surface area contributed by atoms with E-state index in [0.717, 1.165) is 28.9 Å². The Morgan fingerprint density at radius 2 is 1.89 bits per heavy atom. The van der Waals surface area contributed by atoms with Gasteiger partial charge in [0, 0.05) is 18.4 Å². The van der Waals surface area contributed by atoms with Gasteiger partial charge in [-0.2, -0.15) is 0 Å². The zero-order valence-corrected chi connectivity index (χ0v) is 15.9. The van der Waals surface area contributed by atoms with E-state index >= 15 is 0 Å². The molecule has 27 heavy (non-hydrogen) atoms. The van der Waals surface area contributed by atoms with Crippen molar-refractivity contribution in [1.29, 1.82) is 0 Å². The minimum atomic E-state index is -0.262. The Balaban J connectivity index is 1.90. The summed E-state index contributed by atoms with van der Waals surface area (Å²) in [4.78, 5) is 17.2. The number of hydrogen-bond acceptors (Lipinski definition) is 2. The van der Waals surface area contributed by atoms with E-state index in [1.54, 1.807) is 18.3 Å². The van der Waals surface area contributed by atoms with E-state index < -0.39 is 0 Å². The molecule has 5 heteroatoms. The highest BCUT2D eigenvalue weighted by atomic mass is 19.1. The van der Waals surface area contributed by atoms with Gasteiger partial charge < -0.3 is 9.88 Å². The lowest BCUT2D eigenvalue weighted by molar-refractivity contribution is 0.0940. The molecule has 2 aromatic heterocycles. The summed E-state index contributed by atoms with van der Waals surface area (Å²) < 4.78 is 15.2. The van der Waals surface area contributed by atoms with E-state index in [-0.39, 0.29) is 11.7 Å². The van der Waals surface area contributed by atoms with Gasteiger partial charge in [0.05, 0.1) is 12.2 Å². The van der Waals surface area contributed by atoms with Gasteiger partial charge in [-0.15, -0.1) is 0 Å². The van der Waals surface area contributed by atoms with Crippen LogP contribution in [0, 0.1) is 19.7 Å². The first-order valence-corrected chi connectivity index (χ1v) is 9.12. The minimum absolute atomic E-state index is 0.122. The first kappa shape index (κ1) is 18.8. The van der Waals surface area contributed by atoms with E-state index in [2.05, 4.69) is 17.2 Å². The average Bonchev–Trinajstić information content (AvgIpc) is 2.92. The Morgan fingerprint density at radius 3 is 2.52 bits per heavy atom. The lowest BCUT2D eigenvalue weighted by atomic mass is 10.1. The van der Waals surface area contributed by atoms with Gasteiger partial charge in [0.2, 0.25) is 0 Å². The summed E-state index contributed by atoms with van der Waals surface area (Å²) in [5.41, 5.74) is 5.67. The van der Waals surface area contributed by atoms with Crippen molar-refractivity contribution in [3.8, 4) is 0 Å². The standard InChI is InChI=1S/C22H24FN3O/c1-4-20-15(2)21(22(27)25-13-19-7-5-6-12-24-19)26(16(20)3)14-17-8-10-18(23)11-9-17/h5-12H,4,13-14H2,1-3H3,(H,25,27). The first-order valence-electron chi connectivity index (χ1n) is 9.12. The fourth-order valence-corrected chi connectivity index (χ4v) is 3.49. The number of nitrogens with zero attached hydrogens (tertiary/aromatic N) is 2. The van der Waals surface area contributed by atoms with Crippen molar-refractivity contribution in [1.82, 2.24) is 14.9 Å². The number of aromatic nitrogens is 2. The van der Waals surface area contributed by atoms with Crippen molar-refractivity contribution in [3.63, 3.8) is 0 Å². The molecule has 0 fully saturated rings. The van der Waals surface area contributed by atoms with Gasteiger partial charge in [0.25, 0.3) is 5.91 Å². The summed E-state index contributed by atoms with van der Waals surface area (Å²) in [6.07, 6.45) is 2.57. The molecule has 3 rings (SSSR count). The van der Waals surface area contributed by atoms with Crippen LogP contribution in [0.4, 0.5) is 4.39 Å². The molecule has 1 amide bonds. The normalized spacial score (nSPS) is 10.8. The summed E-state index contributed by atoms with van der Waals surface area (Å²) in [5.74, 6) is -0.384. The zero-order valence-electron chi connectivity index (χ0n) is 15.9. The van der Waals surface area contributed by atoms with Crippen molar-refractivity contribution >= 4 is 5.91 Å². The van der Waals surface area contributed by atoms with Crippen LogP contribution < -0.4 is 5.32 Å². The van der Waals surface area contributed by atoms with Gasteiger partial charge in [0.15, 0.2) is 0 Å². The maximum absolute atomic E-state index is 13.2. The first-order chi connectivity index (χ1) is 13.0. The van der Waals surface area contributed by atoms with Crippen molar-refractivity contribution in [2.75, 3.05) is 0 Å². The smallest absolute Gasteiger partial charge is 0.268 e. The van der Waals surface area contributed by atoms with Gasteiger partial charge in [-0.3, -0.25) is 9.78 Å². The molecule has 1 N–H and O–H groups in total. The fourth-order valence-electron chi connectivity index (χ4n) is 3.49. The average molecular weight is 365 g/mol. The van der Waals surface area contributed by atoms with Gasteiger partial charge in [-0.05, 0) is 61.2 Å². The van der Waals surface area contributed by atoms with E-state index in [9.17, 15) is 9.18 Å². The number of pyridine rings is 1. The summed E-state index contributed by atoms with van der Waals surface area (Å²) in [5, 5.41) is 2.97. The third-order valence-electron chi connectivity index (χ3n) is 4.90. The van der Waals surface area contributed by atoms with Crippen LogP contribution in [0.3, 0.4) is 0 Å². The van der Waals surface area contributed by atoms with Crippen molar-refractivity contribution < 1.29 is 9.18 Å². The molecule has 0 bridgehead atoms. The summed E-state index contributed by atoms with van der Waals surface area (Å²) >= 11 is 0. The number of nitrogens with one attached hydrogen (secondary N) is 1. The van der Waals surface area contributed by atoms with Crippen LogP contribution >= 0.6 is 0 Å². The molecule has 0 atom stereocenters. The number of benzene rings is 1. The number of carbonyl (C=O) groups excluding carboxylic acids is 1. The molecule has 0 aliphatic heterocycles. The third kappa shape index (κ3) is 4.08. The predicted molar refractivity (Wildman–Crippen MR) is 104 cm³/mol. The SMILES string of the molecule is CCc1c(C)c(C(=O)NCc2ccccn2)n(Cc2ccc(F)cc2)c1C. The number of carbonyl (C=O) groups is 1. The molecule has 0 aliphatic rings. The number of amides is 1. The van der Waals surface area contributed by atoms with Gasteiger partial charge in [0.1, 0.15) is 11.5 Å². The van der Waals surface area contributed by atoms with Crippen molar-refractivity contribution in [2.45, 2.75) is 40.3 Å². The second-order valence-electron chi connectivity index (χ2n) is 6.61. The molecule has 4 nitrogen and oxygen atoms in total. The Bertz CT molecular complexity index is 930. The number of hydrogen-bond donors (Lipinski definition) is 1. The van der Waals surface area contributed by atoms with Crippen LogP contribution in [0.5, 0.6) is 0 Å². The lowest BCUT2D eigenvalue weighted by Gasteiger charge is -2.13. The van der Waals surface area contributed by atoms with Crippen LogP contribution in [0.1, 0.15) is 45.5 Å². The van der Waals surface area contributed by atoms with E-state index in [1.165, 1.54) is 17.7 Å². The summed E-state index contributed by atoms with van der Waals surface area (Å²) in [7, 11) is 0. The van der Waals surface area contributed by atoms with Crippen LogP contribution in [0.15, 0.2) is 48.7 Å². The molecule has 140 valence electrons. The van der Waals surface area contributed by atoms with Gasteiger partial charge in [-0.25, -0.2) is 4.39 Å². The monoisotopic (exact) mass is 365 g/mol. The molecule has 1 aromatic carbocycles. The second-order valence-corrected chi connectivity index (χ2v) is 6.61. The van der Waals surface area contributed by atoms with Crippen LogP contribution in [0.2, 0.25) is 0 Å². The second kappa shape index (κ2) is 8.16.